The van der Waals surface area contributed by atoms with E-state index in [9.17, 15) is 9.59 Å². The number of hydrogen-bond acceptors (Lipinski definition) is 3. The molecule has 0 radical (unpaired) electrons. The molecule has 1 heterocycles. The van der Waals surface area contributed by atoms with E-state index in [1.54, 1.807) is 12.1 Å². The van der Waals surface area contributed by atoms with Gasteiger partial charge in [0.2, 0.25) is 5.91 Å². The zero-order valence-electron chi connectivity index (χ0n) is 12.8. The Balaban J connectivity index is 1.86. The molecule has 1 aromatic carbocycles. The average molecular weight is 338 g/mol. The Morgan fingerprint density at radius 3 is 2.57 bits per heavy atom. The molecule has 0 aromatic heterocycles. The average Bonchev–Trinajstić information content (AvgIpc) is 3.33. The van der Waals surface area contributed by atoms with Gasteiger partial charge in [0, 0.05) is 18.0 Å². The van der Waals surface area contributed by atoms with Crippen LogP contribution in [0.25, 0.3) is 0 Å². The normalized spacial score (nSPS) is 24.7. The first-order chi connectivity index (χ1) is 11.0. The number of halogens is 1. The summed E-state index contributed by atoms with van der Waals surface area (Å²) < 4.78 is 5.60. The van der Waals surface area contributed by atoms with Crippen LogP contribution in [0.5, 0.6) is 0 Å². The van der Waals surface area contributed by atoms with Gasteiger partial charge in [-0.3, -0.25) is 4.79 Å². The molecule has 0 bridgehead atoms. The zero-order chi connectivity index (χ0) is 16.4. The molecule has 1 saturated carbocycles. The second kappa shape index (κ2) is 6.89. The van der Waals surface area contributed by atoms with Crippen molar-refractivity contribution in [3.63, 3.8) is 0 Å². The number of aliphatic carboxylic acids is 1. The second-order valence-corrected chi connectivity index (χ2v) is 6.70. The van der Waals surface area contributed by atoms with E-state index in [4.69, 9.17) is 21.4 Å². The molecule has 23 heavy (non-hydrogen) atoms. The van der Waals surface area contributed by atoms with E-state index in [0.717, 1.165) is 24.9 Å². The van der Waals surface area contributed by atoms with Crippen molar-refractivity contribution in [1.29, 1.82) is 0 Å². The summed E-state index contributed by atoms with van der Waals surface area (Å²) in [6, 6.07) is 7.12. The molecule has 5 nitrogen and oxygen atoms in total. The molecular formula is C17H20ClNO4. The highest BCUT2D eigenvalue weighted by molar-refractivity contribution is 6.30. The van der Waals surface area contributed by atoms with Crippen LogP contribution in [0.3, 0.4) is 0 Å². The number of nitrogens with zero attached hydrogens (tertiary/aromatic N) is 1. The van der Waals surface area contributed by atoms with E-state index in [1.165, 1.54) is 0 Å². The molecule has 1 aliphatic carbocycles. The number of carboxylic acid groups (broad SMARTS) is 1. The SMILES string of the molecule is O=C(O)CO[C@H]1CCC(=O)N(CC2CC2)[C@@H]1c1ccc(Cl)cc1. The van der Waals surface area contributed by atoms with Crippen LogP contribution in [0.4, 0.5) is 0 Å². The summed E-state index contributed by atoms with van der Waals surface area (Å²) in [6.07, 6.45) is 2.95. The minimum atomic E-state index is -0.995. The van der Waals surface area contributed by atoms with E-state index in [-0.39, 0.29) is 24.7 Å². The van der Waals surface area contributed by atoms with E-state index < -0.39 is 5.97 Å². The Labute approximate surface area is 140 Å². The van der Waals surface area contributed by atoms with Gasteiger partial charge in [-0.2, -0.15) is 0 Å². The third-order valence-electron chi connectivity index (χ3n) is 4.44. The molecule has 3 rings (SSSR count). The molecule has 1 amide bonds. The van der Waals surface area contributed by atoms with Crippen LogP contribution in [0.1, 0.15) is 37.3 Å². The van der Waals surface area contributed by atoms with Crippen LogP contribution in [-0.2, 0) is 14.3 Å². The first kappa shape index (κ1) is 16.3. The molecule has 0 spiro atoms. The first-order valence-electron chi connectivity index (χ1n) is 7.93. The van der Waals surface area contributed by atoms with Gasteiger partial charge in [-0.15, -0.1) is 0 Å². The number of hydrogen-bond donors (Lipinski definition) is 1. The van der Waals surface area contributed by atoms with Crippen molar-refractivity contribution in [3.8, 4) is 0 Å². The van der Waals surface area contributed by atoms with Crippen LogP contribution in [-0.4, -0.2) is 41.1 Å². The summed E-state index contributed by atoms with van der Waals surface area (Å²) in [7, 11) is 0. The van der Waals surface area contributed by atoms with Crippen molar-refractivity contribution in [1.82, 2.24) is 4.90 Å². The highest BCUT2D eigenvalue weighted by Gasteiger charge is 2.40. The molecule has 2 aliphatic rings. The third kappa shape index (κ3) is 4.03. The number of benzene rings is 1. The maximum Gasteiger partial charge on any atom is 0.329 e. The monoisotopic (exact) mass is 337 g/mol. The van der Waals surface area contributed by atoms with Crippen molar-refractivity contribution < 1.29 is 19.4 Å². The van der Waals surface area contributed by atoms with Crippen molar-refractivity contribution in [2.24, 2.45) is 5.92 Å². The van der Waals surface area contributed by atoms with E-state index in [2.05, 4.69) is 0 Å². The van der Waals surface area contributed by atoms with Crippen LogP contribution in [0.15, 0.2) is 24.3 Å². The first-order valence-corrected chi connectivity index (χ1v) is 8.30. The van der Waals surface area contributed by atoms with E-state index in [0.29, 0.717) is 23.8 Å². The quantitative estimate of drug-likeness (QED) is 0.866. The highest BCUT2D eigenvalue weighted by atomic mass is 35.5. The van der Waals surface area contributed by atoms with E-state index >= 15 is 0 Å². The van der Waals surface area contributed by atoms with Gasteiger partial charge < -0.3 is 14.7 Å². The predicted octanol–water partition coefficient (Wildman–Crippen LogP) is 2.88. The lowest BCUT2D eigenvalue weighted by molar-refractivity contribution is -0.153. The lowest BCUT2D eigenvalue weighted by Crippen LogP contribution is -2.47. The van der Waals surface area contributed by atoms with Crippen molar-refractivity contribution in [3.05, 3.63) is 34.9 Å². The molecule has 1 aliphatic heterocycles. The fourth-order valence-electron chi connectivity index (χ4n) is 3.12. The van der Waals surface area contributed by atoms with Gasteiger partial charge in [0.15, 0.2) is 0 Å². The van der Waals surface area contributed by atoms with Gasteiger partial charge in [-0.25, -0.2) is 4.79 Å². The van der Waals surface area contributed by atoms with Crippen LogP contribution in [0, 0.1) is 5.92 Å². The van der Waals surface area contributed by atoms with Crippen LogP contribution >= 0.6 is 11.6 Å². The Morgan fingerprint density at radius 1 is 1.26 bits per heavy atom. The van der Waals surface area contributed by atoms with Crippen molar-refractivity contribution in [2.75, 3.05) is 13.2 Å². The number of amides is 1. The molecule has 0 unspecified atom stereocenters. The number of piperidine rings is 1. The summed E-state index contributed by atoms with van der Waals surface area (Å²) in [5, 5.41) is 9.52. The Morgan fingerprint density at radius 2 is 1.96 bits per heavy atom. The highest BCUT2D eigenvalue weighted by Crippen LogP contribution is 2.38. The number of ether oxygens (including phenoxy) is 1. The molecular weight excluding hydrogens is 318 g/mol. The second-order valence-electron chi connectivity index (χ2n) is 6.27. The number of carboxylic acids is 1. The maximum absolute atomic E-state index is 12.4. The fraction of sp³-hybridized carbons (Fsp3) is 0.529. The number of carbonyl (C=O) groups is 2. The topological polar surface area (TPSA) is 66.8 Å². The van der Waals surface area contributed by atoms with Gasteiger partial charge in [-0.05, 0) is 42.9 Å². The number of rotatable bonds is 6. The van der Waals surface area contributed by atoms with Crippen molar-refractivity contribution >= 4 is 23.5 Å². The minimum Gasteiger partial charge on any atom is -0.480 e. The Hall–Kier alpha value is -1.59. The minimum absolute atomic E-state index is 0.118. The van der Waals surface area contributed by atoms with Crippen LogP contribution < -0.4 is 0 Å². The molecule has 1 aromatic rings. The smallest absolute Gasteiger partial charge is 0.329 e. The summed E-state index contributed by atoms with van der Waals surface area (Å²) in [5.74, 6) is -0.315. The van der Waals surface area contributed by atoms with Gasteiger partial charge in [-0.1, -0.05) is 23.7 Å². The summed E-state index contributed by atoms with van der Waals surface area (Å²) in [6.45, 7) is 0.374. The largest absolute Gasteiger partial charge is 0.480 e. The lowest BCUT2D eigenvalue weighted by Gasteiger charge is -2.41. The lowest BCUT2D eigenvalue weighted by atomic mass is 9.91. The summed E-state index contributed by atoms with van der Waals surface area (Å²) >= 11 is 5.96. The van der Waals surface area contributed by atoms with Gasteiger partial charge in [0.25, 0.3) is 0 Å². The standard InChI is InChI=1S/C17H20ClNO4/c18-13-5-3-12(4-6-13)17-14(23-10-16(21)22)7-8-15(20)19(17)9-11-1-2-11/h3-6,11,14,17H,1-2,7-10H2,(H,21,22)/t14-,17+/m0/s1. The predicted molar refractivity (Wildman–Crippen MR) is 85.2 cm³/mol. The number of likely N-dealkylation sites (tertiary alicyclic amines) is 1. The van der Waals surface area contributed by atoms with Crippen molar-refractivity contribution in [2.45, 2.75) is 37.8 Å². The van der Waals surface area contributed by atoms with Gasteiger partial charge in [0.1, 0.15) is 6.61 Å². The maximum atomic E-state index is 12.4. The Kier molecular flexibility index (Phi) is 4.87. The van der Waals surface area contributed by atoms with Gasteiger partial charge in [0.05, 0.1) is 12.1 Å². The van der Waals surface area contributed by atoms with E-state index in [1.807, 2.05) is 17.0 Å². The Bertz CT molecular complexity index is 585. The van der Waals surface area contributed by atoms with Gasteiger partial charge >= 0.3 is 5.97 Å². The summed E-state index contributed by atoms with van der Waals surface area (Å²) in [5.41, 5.74) is 0.943. The fourth-order valence-corrected chi connectivity index (χ4v) is 3.25. The molecule has 1 N–H and O–H groups in total. The molecule has 2 atom stereocenters. The molecule has 124 valence electrons. The number of carbonyl (C=O) groups excluding carboxylic acids is 1. The van der Waals surface area contributed by atoms with Crippen LogP contribution in [0.2, 0.25) is 5.02 Å². The molecule has 1 saturated heterocycles. The summed E-state index contributed by atoms with van der Waals surface area (Å²) in [4.78, 5) is 25.1. The zero-order valence-corrected chi connectivity index (χ0v) is 13.5. The molecule has 6 heteroatoms. The third-order valence-corrected chi connectivity index (χ3v) is 4.69. The molecule has 2 fully saturated rings.